The van der Waals surface area contributed by atoms with Gasteiger partial charge < -0.3 is 0 Å². The molecule has 1 radical (unpaired) electrons. The highest BCUT2D eigenvalue weighted by Crippen LogP contribution is 2.36. The molecule has 0 nitrogen and oxygen atoms in total. The van der Waals surface area contributed by atoms with E-state index in [1.165, 1.54) is 21.6 Å². The maximum absolute atomic E-state index is 3.06. The predicted molar refractivity (Wildman–Crippen MR) is 74.0 cm³/mol. The summed E-state index contributed by atoms with van der Waals surface area (Å²) in [5.41, 5.74) is 3.84. The largest absolute Gasteiger partial charge is 0.143 e. The first-order valence-corrected chi connectivity index (χ1v) is 6.42. The number of rotatable bonds is 2. The van der Waals surface area contributed by atoms with Gasteiger partial charge in [0.2, 0.25) is 0 Å². The highest BCUT2D eigenvalue weighted by atomic mass is 32.1. The first kappa shape index (κ1) is 10.3. The summed E-state index contributed by atoms with van der Waals surface area (Å²) in [5.74, 6) is 0. The number of benzene rings is 2. The summed E-state index contributed by atoms with van der Waals surface area (Å²) in [6.07, 6.45) is 0. The van der Waals surface area contributed by atoms with Crippen molar-refractivity contribution < 1.29 is 0 Å². The molecule has 0 amide bonds. The summed E-state index contributed by atoms with van der Waals surface area (Å²) in [4.78, 5) is 1.32. The van der Waals surface area contributed by atoms with E-state index in [1.807, 2.05) is 18.2 Å². The molecule has 0 aliphatic heterocycles. The van der Waals surface area contributed by atoms with Gasteiger partial charge in [0.1, 0.15) is 0 Å². The third kappa shape index (κ3) is 2.02. The highest BCUT2D eigenvalue weighted by Gasteiger charge is 2.07. The van der Waals surface area contributed by atoms with Crippen LogP contribution in [0, 0.1) is 6.07 Å². The van der Waals surface area contributed by atoms with Gasteiger partial charge in [-0.3, -0.25) is 0 Å². The number of hydrogen-bond donors (Lipinski definition) is 0. The van der Waals surface area contributed by atoms with E-state index in [9.17, 15) is 0 Å². The van der Waals surface area contributed by atoms with Crippen LogP contribution in [0.2, 0.25) is 0 Å². The molecule has 0 saturated carbocycles. The van der Waals surface area contributed by atoms with Gasteiger partial charge in [-0.25, -0.2) is 0 Å². The lowest BCUT2D eigenvalue weighted by atomic mass is 10.0. The molecule has 0 N–H and O–H groups in total. The van der Waals surface area contributed by atoms with Crippen molar-refractivity contribution in [1.29, 1.82) is 0 Å². The third-order valence-electron chi connectivity index (χ3n) is 2.73. The van der Waals surface area contributed by atoms with Crippen LogP contribution in [0.1, 0.15) is 0 Å². The van der Waals surface area contributed by atoms with Crippen LogP contribution >= 0.6 is 11.3 Å². The van der Waals surface area contributed by atoms with Crippen LogP contribution in [-0.4, -0.2) is 0 Å². The lowest BCUT2D eigenvalue weighted by Crippen LogP contribution is -1.78. The summed E-state index contributed by atoms with van der Waals surface area (Å²) in [6, 6.07) is 23.9. The maximum atomic E-state index is 3.06. The van der Waals surface area contributed by atoms with Crippen molar-refractivity contribution in [3.8, 4) is 21.6 Å². The van der Waals surface area contributed by atoms with Crippen molar-refractivity contribution >= 4 is 11.3 Å². The summed E-state index contributed by atoms with van der Waals surface area (Å²) in [7, 11) is 0. The lowest BCUT2D eigenvalue weighted by Gasteiger charge is -2.03. The Morgan fingerprint density at radius 1 is 0.765 bits per heavy atom. The minimum absolute atomic E-state index is 1.26. The van der Waals surface area contributed by atoms with Crippen LogP contribution < -0.4 is 0 Å². The van der Waals surface area contributed by atoms with E-state index in [4.69, 9.17) is 0 Å². The van der Waals surface area contributed by atoms with Gasteiger partial charge in [-0.05, 0) is 28.6 Å². The smallest absolute Gasteiger partial charge is 0.0421 e. The minimum Gasteiger partial charge on any atom is -0.143 e. The van der Waals surface area contributed by atoms with Crippen molar-refractivity contribution in [2.24, 2.45) is 0 Å². The molecule has 81 valence electrons. The number of hydrogen-bond acceptors (Lipinski definition) is 1. The Labute approximate surface area is 105 Å². The molecule has 1 heterocycles. The Morgan fingerprint density at radius 3 is 2.29 bits per heavy atom. The Morgan fingerprint density at radius 2 is 1.53 bits per heavy atom. The normalized spacial score (nSPS) is 10.4. The fourth-order valence-electron chi connectivity index (χ4n) is 1.92. The van der Waals surface area contributed by atoms with Crippen molar-refractivity contribution in [1.82, 2.24) is 0 Å². The molecule has 1 aromatic heterocycles. The molecule has 2 aromatic carbocycles. The second-order valence-corrected chi connectivity index (χ2v) is 4.73. The predicted octanol–water partition coefficient (Wildman–Crippen LogP) is 4.88. The van der Waals surface area contributed by atoms with Crippen LogP contribution in [0.4, 0.5) is 0 Å². The quantitative estimate of drug-likeness (QED) is 0.593. The third-order valence-corrected chi connectivity index (χ3v) is 3.69. The average Bonchev–Trinajstić information content (AvgIpc) is 2.90. The minimum atomic E-state index is 1.26. The highest BCUT2D eigenvalue weighted by molar-refractivity contribution is 7.14. The Bertz CT molecular complexity index is 540. The molecule has 0 unspecified atom stereocenters. The van der Waals surface area contributed by atoms with E-state index in [0.29, 0.717) is 0 Å². The summed E-state index contributed by atoms with van der Waals surface area (Å²) < 4.78 is 0. The van der Waals surface area contributed by atoms with Gasteiger partial charge in [0.05, 0.1) is 0 Å². The second kappa shape index (κ2) is 4.56. The van der Waals surface area contributed by atoms with Gasteiger partial charge in [0, 0.05) is 10.4 Å². The zero-order valence-corrected chi connectivity index (χ0v) is 10.1. The molecule has 0 fully saturated rings. The number of thiophene rings is 1. The van der Waals surface area contributed by atoms with Gasteiger partial charge >= 0.3 is 0 Å². The van der Waals surface area contributed by atoms with E-state index in [1.54, 1.807) is 11.3 Å². The zero-order valence-electron chi connectivity index (χ0n) is 9.26. The van der Waals surface area contributed by atoms with E-state index >= 15 is 0 Å². The summed E-state index contributed by atoms with van der Waals surface area (Å²) in [6.45, 7) is 0. The van der Waals surface area contributed by atoms with Crippen LogP contribution in [0.25, 0.3) is 21.6 Å². The molecule has 3 aromatic rings. The standard InChI is InChI=1S/C16H11S/c1-3-7-13(8-4-1)15-11-12-17-16(15)14-9-5-2-6-10-14/h1,3-12H. The van der Waals surface area contributed by atoms with Crippen molar-refractivity contribution in [2.45, 2.75) is 0 Å². The average molecular weight is 235 g/mol. The first-order chi connectivity index (χ1) is 8.45. The molecule has 1 heteroatoms. The summed E-state index contributed by atoms with van der Waals surface area (Å²) in [5, 5.41) is 2.15. The molecule has 3 rings (SSSR count). The summed E-state index contributed by atoms with van der Waals surface area (Å²) >= 11 is 1.78. The van der Waals surface area contributed by atoms with Crippen molar-refractivity contribution in [3.63, 3.8) is 0 Å². The molecular weight excluding hydrogens is 224 g/mol. The Kier molecular flexibility index (Phi) is 2.76. The molecular formula is C16H11S. The van der Waals surface area contributed by atoms with Gasteiger partial charge in [-0.1, -0.05) is 54.6 Å². The fraction of sp³-hybridized carbons (Fsp3) is 0. The van der Waals surface area contributed by atoms with Crippen LogP contribution in [-0.2, 0) is 0 Å². The second-order valence-electron chi connectivity index (χ2n) is 3.82. The lowest BCUT2D eigenvalue weighted by molar-refractivity contribution is 1.64. The first-order valence-electron chi connectivity index (χ1n) is 5.54. The SMILES string of the molecule is [c]1ccc(-c2sccc2-c2ccccc2)cc1. The molecule has 0 bridgehead atoms. The van der Waals surface area contributed by atoms with Crippen molar-refractivity contribution in [3.05, 3.63) is 72.1 Å². The van der Waals surface area contributed by atoms with E-state index in [0.717, 1.165) is 0 Å². The van der Waals surface area contributed by atoms with Crippen LogP contribution in [0.15, 0.2) is 66.0 Å². The monoisotopic (exact) mass is 235 g/mol. The molecule has 0 aliphatic rings. The van der Waals surface area contributed by atoms with Gasteiger partial charge in [-0.15, -0.1) is 11.3 Å². The van der Waals surface area contributed by atoms with Crippen LogP contribution in [0.5, 0.6) is 0 Å². The maximum Gasteiger partial charge on any atom is 0.0421 e. The van der Waals surface area contributed by atoms with Gasteiger partial charge in [0.25, 0.3) is 0 Å². The Balaban J connectivity index is 2.13. The van der Waals surface area contributed by atoms with Gasteiger partial charge in [-0.2, -0.15) is 0 Å². The molecule has 0 aliphatic carbocycles. The molecule has 0 atom stereocenters. The molecule has 0 spiro atoms. The van der Waals surface area contributed by atoms with E-state index in [2.05, 4.69) is 53.9 Å². The Hall–Kier alpha value is -1.86. The molecule has 0 saturated heterocycles. The fourth-order valence-corrected chi connectivity index (χ4v) is 2.84. The topological polar surface area (TPSA) is 0 Å². The van der Waals surface area contributed by atoms with E-state index in [-0.39, 0.29) is 0 Å². The zero-order chi connectivity index (χ0) is 11.5. The molecule has 17 heavy (non-hydrogen) atoms. The van der Waals surface area contributed by atoms with Crippen LogP contribution in [0.3, 0.4) is 0 Å². The van der Waals surface area contributed by atoms with Crippen molar-refractivity contribution in [2.75, 3.05) is 0 Å². The van der Waals surface area contributed by atoms with Gasteiger partial charge in [0.15, 0.2) is 0 Å². The van der Waals surface area contributed by atoms with E-state index < -0.39 is 0 Å².